The Labute approximate surface area is 177 Å². The number of rotatable bonds is 7. The van der Waals surface area contributed by atoms with Crippen LogP contribution in [0.15, 0.2) is 78.9 Å². The van der Waals surface area contributed by atoms with Crippen LogP contribution in [0.2, 0.25) is 0 Å². The summed E-state index contributed by atoms with van der Waals surface area (Å²) in [6.07, 6.45) is 0.357. The number of nitrogens with one attached hydrogen (secondary N) is 1. The molecule has 1 amide bonds. The van der Waals surface area contributed by atoms with Crippen LogP contribution in [-0.4, -0.2) is 25.7 Å². The fourth-order valence-corrected chi connectivity index (χ4v) is 3.78. The van der Waals surface area contributed by atoms with Crippen molar-refractivity contribution in [3.8, 4) is 11.5 Å². The van der Waals surface area contributed by atoms with Crippen molar-refractivity contribution in [2.24, 2.45) is 0 Å². The minimum Gasteiger partial charge on any atom is -0.496 e. The molecule has 154 valence electrons. The third kappa shape index (κ3) is 4.57. The second-order valence-corrected chi connectivity index (χ2v) is 7.34. The average Bonchev–Trinajstić information content (AvgIpc) is 2.80. The van der Waals surface area contributed by atoms with E-state index in [1.807, 2.05) is 60.7 Å². The first-order valence-electron chi connectivity index (χ1n) is 10.2. The summed E-state index contributed by atoms with van der Waals surface area (Å²) in [7, 11) is 1.64. The molecular formula is C25H26N2O3. The Balaban J connectivity index is 1.47. The van der Waals surface area contributed by atoms with E-state index in [0.717, 1.165) is 29.3 Å². The van der Waals surface area contributed by atoms with E-state index in [1.165, 1.54) is 5.56 Å². The van der Waals surface area contributed by atoms with Crippen LogP contribution in [0.5, 0.6) is 11.5 Å². The van der Waals surface area contributed by atoms with E-state index in [4.69, 9.17) is 9.47 Å². The number of carbonyl (C=O) groups excluding carboxylic acids is 1. The molecule has 3 aromatic carbocycles. The third-order valence-corrected chi connectivity index (χ3v) is 5.33. The lowest BCUT2D eigenvalue weighted by Crippen LogP contribution is -2.45. The minimum atomic E-state index is -0.0437. The fraction of sp³-hybridized carbons (Fsp3) is 0.240. The molecular weight excluding hydrogens is 376 g/mol. The summed E-state index contributed by atoms with van der Waals surface area (Å²) < 4.78 is 11.3. The Morgan fingerprint density at radius 2 is 1.77 bits per heavy atom. The predicted molar refractivity (Wildman–Crippen MR) is 118 cm³/mol. The number of hydrogen-bond donors (Lipinski definition) is 1. The number of nitrogens with zero attached hydrogens (tertiary/aromatic N) is 1. The van der Waals surface area contributed by atoms with E-state index in [9.17, 15) is 4.79 Å². The largest absolute Gasteiger partial charge is 0.496 e. The van der Waals surface area contributed by atoms with Crippen molar-refractivity contribution in [2.75, 3.05) is 18.6 Å². The molecule has 4 rings (SSSR count). The summed E-state index contributed by atoms with van der Waals surface area (Å²) in [4.78, 5) is 15.0. The van der Waals surface area contributed by atoms with Gasteiger partial charge in [0, 0.05) is 18.7 Å². The third-order valence-electron chi connectivity index (χ3n) is 5.33. The SMILES string of the molecule is COc1ccccc1CNC(=O)CC1COc2ccccc2N1Cc1ccccc1. The van der Waals surface area contributed by atoms with Crippen LogP contribution in [0.3, 0.4) is 0 Å². The molecule has 1 aliphatic heterocycles. The van der Waals surface area contributed by atoms with Crippen molar-refractivity contribution < 1.29 is 14.3 Å². The van der Waals surface area contributed by atoms with E-state index in [0.29, 0.717) is 19.6 Å². The molecule has 0 fully saturated rings. The van der Waals surface area contributed by atoms with Gasteiger partial charge in [-0.25, -0.2) is 0 Å². The predicted octanol–water partition coefficient (Wildman–Crippen LogP) is 4.17. The van der Waals surface area contributed by atoms with Crippen LogP contribution in [0.25, 0.3) is 0 Å². The number of methoxy groups -OCH3 is 1. The van der Waals surface area contributed by atoms with E-state index >= 15 is 0 Å². The Hall–Kier alpha value is -3.47. The lowest BCUT2D eigenvalue weighted by atomic mass is 10.1. The molecule has 1 atom stereocenters. The van der Waals surface area contributed by atoms with Gasteiger partial charge in [-0.15, -0.1) is 0 Å². The van der Waals surface area contributed by atoms with Gasteiger partial charge in [0.2, 0.25) is 5.91 Å². The van der Waals surface area contributed by atoms with Crippen LogP contribution in [-0.2, 0) is 17.9 Å². The van der Waals surface area contributed by atoms with E-state index in [1.54, 1.807) is 7.11 Å². The Kier molecular flexibility index (Phi) is 6.18. The van der Waals surface area contributed by atoms with E-state index in [2.05, 4.69) is 28.4 Å². The molecule has 0 saturated carbocycles. The van der Waals surface area contributed by atoms with Crippen LogP contribution in [0.4, 0.5) is 5.69 Å². The number of para-hydroxylation sites is 3. The topological polar surface area (TPSA) is 50.8 Å². The first kappa shape index (κ1) is 19.8. The molecule has 0 aliphatic carbocycles. The standard InChI is InChI=1S/C25H26N2O3/c1-29-23-13-7-5-11-20(23)16-26-25(28)15-21-18-30-24-14-8-6-12-22(24)27(21)17-19-9-3-2-4-10-19/h2-14,21H,15-18H2,1H3,(H,26,28). The maximum Gasteiger partial charge on any atom is 0.222 e. The lowest BCUT2D eigenvalue weighted by Gasteiger charge is -2.38. The van der Waals surface area contributed by atoms with Crippen molar-refractivity contribution in [1.29, 1.82) is 0 Å². The molecule has 1 heterocycles. The van der Waals surface area contributed by atoms with Crippen LogP contribution in [0.1, 0.15) is 17.5 Å². The highest BCUT2D eigenvalue weighted by molar-refractivity contribution is 5.78. The molecule has 0 radical (unpaired) electrons. The molecule has 3 aromatic rings. The molecule has 0 spiro atoms. The Morgan fingerprint density at radius 1 is 1.03 bits per heavy atom. The van der Waals surface area contributed by atoms with Gasteiger partial charge >= 0.3 is 0 Å². The van der Waals surface area contributed by atoms with Crippen molar-refractivity contribution in [2.45, 2.75) is 25.6 Å². The quantitative estimate of drug-likeness (QED) is 0.645. The normalized spacial score (nSPS) is 15.1. The zero-order valence-electron chi connectivity index (χ0n) is 17.1. The van der Waals surface area contributed by atoms with Crippen LogP contribution in [0, 0.1) is 0 Å². The van der Waals surface area contributed by atoms with Gasteiger partial charge in [0.1, 0.15) is 18.1 Å². The number of fused-ring (bicyclic) bond motifs is 1. The van der Waals surface area contributed by atoms with Gasteiger partial charge in [-0.2, -0.15) is 0 Å². The van der Waals surface area contributed by atoms with Crippen LogP contribution < -0.4 is 19.7 Å². The number of anilines is 1. The second-order valence-electron chi connectivity index (χ2n) is 7.34. The second kappa shape index (κ2) is 9.35. The van der Waals surface area contributed by atoms with Gasteiger partial charge in [0.05, 0.1) is 25.3 Å². The summed E-state index contributed by atoms with van der Waals surface area (Å²) in [5, 5.41) is 3.03. The monoisotopic (exact) mass is 402 g/mol. The van der Waals surface area contributed by atoms with E-state index < -0.39 is 0 Å². The number of ether oxygens (including phenoxy) is 2. The first-order chi connectivity index (χ1) is 14.7. The number of carbonyl (C=O) groups is 1. The Bertz CT molecular complexity index is 990. The van der Waals surface area contributed by atoms with Gasteiger partial charge in [0.25, 0.3) is 0 Å². The van der Waals surface area contributed by atoms with Crippen molar-refractivity contribution >= 4 is 11.6 Å². The van der Waals surface area contributed by atoms with E-state index in [-0.39, 0.29) is 11.9 Å². The highest BCUT2D eigenvalue weighted by Gasteiger charge is 2.29. The lowest BCUT2D eigenvalue weighted by molar-refractivity contribution is -0.121. The van der Waals surface area contributed by atoms with Crippen molar-refractivity contribution in [3.63, 3.8) is 0 Å². The smallest absolute Gasteiger partial charge is 0.222 e. The van der Waals surface area contributed by atoms with Crippen molar-refractivity contribution in [1.82, 2.24) is 5.32 Å². The molecule has 1 unspecified atom stereocenters. The van der Waals surface area contributed by atoms with Gasteiger partial charge < -0.3 is 19.7 Å². The minimum absolute atomic E-state index is 0.00745. The van der Waals surface area contributed by atoms with Crippen molar-refractivity contribution in [3.05, 3.63) is 90.0 Å². The maximum absolute atomic E-state index is 12.8. The van der Waals surface area contributed by atoms with Gasteiger partial charge in [-0.3, -0.25) is 4.79 Å². The number of hydrogen-bond acceptors (Lipinski definition) is 4. The summed E-state index contributed by atoms with van der Waals surface area (Å²) in [5.41, 5.74) is 3.18. The van der Waals surface area contributed by atoms with Gasteiger partial charge in [0.15, 0.2) is 0 Å². The number of amides is 1. The molecule has 5 heteroatoms. The molecule has 30 heavy (non-hydrogen) atoms. The molecule has 0 bridgehead atoms. The number of benzene rings is 3. The fourth-order valence-electron chi connectivity index (χ4n) is 3.78. The zero-order chi connectivity index (χ0) is 20.8. The Morgan fingerprint density at radius 3 is 2.60 bits per heavy atom. The maximum atomic E-state index is 12.8. The highest BCUT2D eigenvalue weighted by Crippen LogP contribution is 2.35. The molecule has 1 aliphatic rings. The van der Waals surface area contributed by atoms with Gasteiger partial charge in [-0.1, -0.05) is 60.7 Å². The summed E-state index contributed by atoms with van der Waals surface area (Å²) in [6, 6.07) is 26.0. The summed E-state index contributed by atoms with van der Waals surface area (Å²) in [6.45, 7) is 1.64. The average molecular weight is 402 g/mol. The summed E-state index contributed by atoms with van der Waals surface area (Å²) in [5.74, 6) is 1.63. The first-order valence-corrected chi connectivity index (χ1v) is 10.2. The zero-order valence-corrected chi connectivity index (χ0v) is 17.1. The molecule has 5 nitrogen and oxygen atoms in total. The summed E-state index contributed by atoms with van der Waals surface area (Å²) >= 11 is 0. The molecule has 1 N–H and O–H groups in total. The highest BCUT2D eigenvalue weighted by atomic mass is 16.5. The molecule has 0 saturated heterocycles. The molecule has 0 aromatic heterocycles. The van der Waals surface area contributed by atoms with Gasteiger partial charge in [-0.05, 0) is 23.8 Å². The van der Waals surface area contributed by atoms with Crippen LogP contribution >= 0.6 is 0 Å².